The highest BCUT2D eigenvalue weighted by Gasteiger charge is 2.34. The number of hydrogen-bond donors (Lipinski definition) is 0. The van der Waals surface area contributed by atoms with E-state index in [1.165, 1.54) is 11.8 Å². The van der Waals surface area contributed by atoms with Crippen LogP contribution in [0.5, 0.6) is 0 Å². The molecule has 7 nitrogen and oxygen atoms in total. The van der Waals surface area contributed by atoms with E-state index in [2.05, 4.69) is 0 Å². The van der Waals surface area contributed by atoms with Gasteiger partial charge in [0, 0.05) is 18.8 Å². The molecule has 24 heavy (non-hydrogen) atoms. The average molecular weight is 360 g/mol. The third-order valence-electron chi connectivity index (χ3n) is 3.42. The molecule has 0 bridgehead atoms. The molecule has 0 unspecified atom stereocenters. The molecule has 0 aromatic rings. The van der Waals surface area contributed by atoms with Gasteiger partial charge in [0.15, 0.2) is 0 Å². The number of nitrogens with zero attached hydrogens (tertiary/aromatic N) is 2. The monoisotopic (exact) mass is 360 g/mol. The molecule has 0 spiro atoms. The van der Waals surface area contributed by atoms with Crippen LogP contribution in [0.2, 0.25) is 0 Å². The maximum atomic E-state index is 12.2. The van der Waals surface area contributed by atoms with Crippen molar-refractivity contribution in [1.29, 1.82) is 0 Å². The van der Waals surface area contributed by atoms with E-state index < -0.39 is 11.7 Å². The molecule has 0 aromatic carbocycles. The van der Waals surface area contributed by atoms with Crippen LogP contribution in [0.3, 0.4) is 0 Å². The van der Waals surface area contributed by atoms with Crippen LogP contribution >= 0.6 is 11.8 Å². The summed E-state index contributed by atoms with van der Waals surface area (Å²) in [6.07, 6.45) is 0.0393. The van der Waals surface area contributed by atoms with Gasteiger partial charge < -0.3 is 19.6 Å². The zero-order valence-electron chi connectivity index (χ0n) is 15.2. The SMILES string of the molecule is CCOC(=O)[N+]([O-])=C(SCC)C1CCN(C(=O)OC(C)(C)C)CC1. The highest BCUT2D eigenvalue weighted by molar-refractivity contribution is 8.13. The van der Waals surface area contributed by atoms with Crippen molar-refractivity contribution in [1.82, 2.24) is 4.90 Å². The van der Waals surface area contributed by atoms with Crippen LogP contribution in [0.1, 0.15) is 47.5 Å². The Morgan fingerprint density at radius 1 is 1.25 bits per heavy atom. The van der Waals surface area contributed by atoms with Crippen molar-refractivity contribution in [3.63, 3.8) is 0 Å². The minimum absolute atomic E-state index is 0.0458. The molecule has 0 saturated carbocycles. The van der Waals surface area contributed by atoms with E-state index in [0.717, 1.165) is 0 Å². The number of piperidine rings is 1. The van der Waals surface area contributed by atoms with E-state index in [4.69, 9.17) is 9.47 Å². The van der Waals surface area contributed by atoms with Crippen LogP contribution in [0.15, 0.2) is 0 Å². The lowest BCUT2D eigenvalue weighted by atomic mass is 9.98. The molecule has 0 radical (unpaired) electrons. The Hall–Kier alpha value is -1.44. The topological polar surface area (TPSA) is 81.9 Å². The zero-order valence-corrected chi connectivity index (χ0v) is 16.0. The van der Waals surface area contributed by atoms with Gasteiger partial charge in [-0.25, -0.2) is 4.79 Å². The highest BCUT2D eigenvalue weighted by Crippen LogP contribution is 2.25. The Morgan fingerprint density at radius 3 is 2.29 bits per heavy atom. The molecule has 0 aromatic heterocycles. The standard InChI is InChI=1S/C16H28N2O5S/c1-6-22-15(20)18(21)13(24-7-2)12-8-10-17(11-9-12)14(19)23-16(3,4)5/h12H,6-11H2,1-5H3. The molecule has 0 N–H and O–H groups in total. The van der Waals surface area contributed by atoms with Gasteiger partial charge in [-0.1, -0.05) is 23.4 Å². The molecular formula is C16H28N2O5S. The molecular weight excluding hydrogens is 332 g/mol. The van der Waals surface area contributed by atoms with Gasteiger partial charge in [0.25, 0.3) is 0 Å². The van der Waals surface area contributed by atoms with E-state index in [1.807, 2.05) is 27.7 Å². The molecule has 1 aliphatic rings. The van der Waals surface area contributed by atoms with E-state index in [1.54, 1.807) is 11.8 Å². The summed E-state index contributed by atoms with van der Waals surface area (Å²) >= 11 is 1.36. The highest BCUT2D eigenvalue weighted by atomic mass is 32.2. The first-order chi connectivity index (χ1) is 11.2. The van der Waals surface area contributed by atoms with Crippen LogP contribution in [0, 0.1) is 11.1 Å². The van der Waals surface area contributed by atoms with Gasteiger partial charge >= 0.3 is 12.2 Å². The first-order valence-corrected chi connectivity index (χ1v) is 9.29. The lowest BCUT2D eigenvalue weighted by Crippen LogP contribution is -2.43. The van der Waals surface area contributed by atoms with E-state index >= 15 is 0 Å². The summed E-state index contributed by atoms with van der Waals surface area (Å²) in [6.45, 7) is 10.3. The molecule has 138 valence electrons. The Labute approximate surface area is 147 Å². The molecule has 1 aliphatic heterocycles. The third kappa shape index (κ3) is 6.22. The summed E-state index contributed by atoms with van der Waals surface area (Å²) < 4.78 is 10.5. The van der Waals surface area contributed by atoms with Gasteiger partial charge in [0.05, 0.1) is 12.5 Å². The molecule has 1 fully saturated rings. The van der Waals surface area contributed by atoms with Gasteiger partial charge in [0.2, 0.25) is 5.04 Å². The van der Waals surface area contributed by atoms with Crippen molar-refractivity contribution in [3.8, 4) is 0 Å². The van der Waals surface area contributed by atoms with Crippen LogP contribution in [0.25, 0.3) is 0 Å². The minimum Gasteiger partial charge on any atom is -0.613 e. The first kappa shape index (κ1) is 20.6. The summed E-state index contributed by atoms with van der Waals surface area (Å²) in [7, 11) is 0. The Bertz CT molecular complexity index is 479. The Kier molecular flexibility index (Phi) is 7.86. The number of carbonyl (C=O) groups excluding carboxylic acids is 2. The smallest absolute Gasteiger partial charge is 0.609 e. The number of likely N-dealkylation sites (tertiary alicyclic amines) is 1. The molecule has 2 amide bonds. The summed E-state index contributed by atoms with van der Waals surface area (Å²) in [6, 6.07) is 0. The minimum atomic E-state index is -0.872. The number of amides is 2. The second-order valence-corrected chi connectivity index (χ2v) is 7.79. The number of hydroxylamine groups is 1. The number of rotatable bonds is 3. The van der Waals surface area contributed by atoms with E-state index in [0.29, 0.717) is 41.5 Å². The Morgan fingerprint density at radius 2 is 1.83 bits per heavy atom. The van der Waals surface area contributed by atoms with Crippen molar-refractivity contribution in [3.05, 3.63) is 5.21 Å². The van der Waals surface area contributed by atoms with Crippen LogP contribution < -0.4 is 0 Å². The second-order valence-electron chi connectivity index (χ2n) is 6.51. The summed E-state index contributed by atoms with van der Waals surface area (Å²) in [5, 5.41) is 12.7. The van der Waals surface area contributed by atoms with E-state index in [-0.39, 0.29) is 18.6 Å². The fraction of sp³-hybridized carbons (Fsp3) is 0.812. The van der Waals surface area contributed by atoms with E-state index in [9.17, 15) is 14.8 Å². The lowest BCUT2D eigenvalue weighted by Gasteiger charge is -2.32. The fourth-order valence-corrected chi connectivity index (χ4v) is 3.36. The molecule has 8 heteroatoms. The largest absolute Gasteiger partial charge is 0.613 e. The maximum Gasteiger partial charge on any atom is 0.609 e. The van der Waals surface area contributed by atoms with Gasteiger partial charge in [-0.05, 0) is 40.5 Å². The van der Waals surface area contributed by atoms with Gasteiger partial charge in [-0.2, -0.15) is 4.79 Å². The fourth-order valence-electron chi connectivity index (χ4n) is 2.40. The van der Waals surface area contributed by atoms with Crippen molar-refractivity contribution >= 4 is 29.0 Å². The van der Waals surface area contributed by atoms with Crippen molar-refractivity contribution in [2.24, 2.45) is 5.92 Å². The number of thioether (sulfide) groups is 1. The molecule has 0 aliphatic carbocycles. The van der Waals surface area contributed by atoms with Gasteiger partial charge in [0.1, 0.15) is 5.60 Å². The quantitative estimate of drug-likeness (QED) is 0.252. The zero-order chi connectivity index (χ0) is 18.3. The van der Waals surface area contributed by atoms with Crippen molar-refractivity contribution in [2.75, 3.05) is 25.4 Å². The Balaban J connectivity index is 2.74. The normalized spacial score (nSPS) is 17.3. The number of hydrogen-bond acceptors (Lipinski definition) is 6. The molecule has 1 heterocycles. The predicted octanol–water partition coefficient (Wildman–Crippen LogP) is 3.45. The van der Waals surface area contributed by atoms with Crippen LogP contribution in [0.4, 0.5) is 9.59 Å². The van der Waals surface area contributed by atoms with Crippen LogP contribution in [-0.2, 0) is 9.47 Å². The molecule has 0 atom stereocenters. The van der Waals surface area contributed by atoms with Crippen LogP contribution in [-0.4, -0.2) is 57.9 Å². The first-order valence-electron chi connectivity index (χ1n) is 8.31. The van der Waals surface area contributed by atoms with Gasteiger partial charge in [-0.15, -0.1) is 0 Å². The molecule has 1 rings (SSSR count). The lowest BCUT2D eigenvalue weighted by molar-refractivity contribution is -0.374. The van der Waals surface area contributed by atoms with Crippen molar-refractivity contribution in [2.45, 2.75) is 53.1 Å². The van der Waals surface area contributed by atoms with Crippen molar-refractivity contribution < 1.29 is 23.8 Å². The summed E-state index contributed by atoms with van der Waals surface area (Å²) in [5.74, 6) is 0.648. The third-order valence-corrected chi connectivity index (χ3v) is 4.51. The molecule has 1 saturated heterocycles. The van der Waals surface area contributed by atoms with Gasteiger partial charge in [-0.3, -0.25) is 0 Å². The maximum absolute atomic E-state index is 12.2. The number of carbonyl (C=O) groups is 2. The second kappa shape index (κ2) is 9.15. The average Bonchev–Trinajstić information content (AvgIpc) is 2.50. The predicted molar refractivity (Wildman–Crippen MR) is 94.3 cm³/mol. The summed E-state index contributed by atoms with van der Waals surface area (Å²) in [5.41, 5.74) is -0.529. The summed E-state index contributed by atoms with van der Waals surface area (Å²) in [4.78, 5) is 25.4. The number of ether oxygens (including phenoxy) is 2.